The van der Waals surface area contributed by atoms with Crippen molar-refractivity contribution < 1.29 is 9.59 Å². The molecule has 0 radical (unpaired) electrons. The highest BCUT2D eigenvalue weighted by Crippen LogP contribution is 2.26. The van der Waals surface area contributed by atoms with Crippen LogP contribution < -0.4 is 10.2 Å². The zero-order valence-electron chi connectivity index (χ0n) is 11.1. The predicted octanol–water partition coefficient (Wildman–Crippen LogP) is 2.39. The van der Waals surface area contributed by atoms with Gasteiger partial charge in [0.2, 0.25) is 11.8 Å². The van der Waals surface area contributed by atoms with Crippen LogP contribution in [0.2, 0.25) is 0 Å². The SMILES string of the molecule is CCCC1NC(=O)CN(c2ccc(Br)cc2C)C1=O. The molecule has 1 saturated heterocycles. The van der Waals surface area contributed by atoms with Crippen LogP contribution in [0.4, 0.5) is 5.69 Å². The van der Waals surface area contributed by atoms with Crippen molar-refractivity contribution in [1.82, 2.24) is 5.32 Å². The second kappa shape index (κ2) is 5.74. The maximum Gasteiger partial charge on any atom is 0.250 e. The lowest BCUT2D eigenvalue weighted by atomic mass is 10.1. The van der Waals surface area contributed by atoms with E-state index in [0.29, 0.717) is 6.42 Å². The second-order valence-corrected chi connectivity index (χ2v) is 5.68. The van der Waals surface area contributed by atoms with Crippen molar-refractivity contribution in [2.24, 2.45) is 0 Å². The Hall–Kier alpha value is -1.36. The maximum atomic E-state index is 12.4. The van der Waals surface area contributed by atoms with Crippen LogP contribution in [0.3, 0.4) is 0 Å². The van der Waals surface area contributed by atoms with Crippen LogP contribution in [-0.4, -0.2) is 24.4 Å². The van der Waals surface area contributed by atoms with Gasteiger partial charge >= 0.3 is 0 Å². The summed E-state index contributed by atoms with van der Waals surface area (Å²) in [6.45, 7) is 4.04. The van der Waals surface area contributed by atoms with Crippen molar-refractivity contribution in [2.45, 2.75) is 32.7 Å². The first kappa shape index (κ1) is 14.1. The smallest absolute Gasteiger partial charge is 0.250 e. The predicted molar refractivity (Wildman–Crippen MR) is 78.1 cm³/mol. The summed E-state index contributed by atoms with van der Waals surface area (Å²) in [5, 5.41) is 2.76. The molecule has 2 amide bonds. The Labute approximate surface area is 121 Å². The number of benzene rings is 1. The van der Waals surface area contributed by atoms with Gasteiger partial charge in [-0.1, -0.05) is 29.3 Å². The number of nitrogens with one attached hydrogen (secondary N) is 1. The molecule has 0 bridgehead atoms. The van der Waals surface area contributed by atoms with Gasteiger partial charge in [0, 0.05) is 10.2 Å². The number of hydrogen-bond donors (Lipinski definition) is 1. The van der Waals surface area contributed by atoms with Crippen LogP contribution in [0.5, 0.6) is 0 Å². The molecule has 1 unspecified atom stereocenters. The summed E-state index contributed by atoms with van der Waals surface area (Å²) in [5.41, 5.74) is 1.79. The molecule has 19 heavy (non-hydrogen) atoms. The van der Waals surface area contributed by atoms with E-state index >= 15 is 0 Å². The van der Waals surface area contributed by atoms with E-state index in [1.165, 1.54) is 0 Å². The van der Waals surface area contributed by atoms with Crippen molar-refractivity contribution in [2.75, 3.05) is 11.4 Å². The first-order valence-corrected chi connectivity index (χ1v) is 7.19. The number of piperazine rings is 1. The van der Waals surface area contributed by atoms with Gasteiger partial charge in [-0.05, 0) is 37.1 Å². The summed E-state index contributed by atoms with van der Waals surface area (Å²) in [7, 11) is 0. The number of carbonyl (C=O) groups is 2. The largest absolute Gasteiger partial charge is 0.343 e. The Balaban J connectivity index is 2.31. The van der Waals surface area contributed by atoms with Gasteiger partial charge in [0.15, 0.2) is 0 Å². The van der Waals surface area contributed by atoms with Crippen LogP contribution in [-0.2, 0) is 9.59 Å². The summed E-state index contributed by atoms with van der Waals surface area (Å²) in [6.07, 6.45) is 1.54. The fourth-order valence-electron chi connectivity index (χ4n) is 2.32. The standard InChI is InChI=1S/C14H17BrN2O2/c1-3-4-11-14(19)17(8-13(18)16-11)12-6-5-10(15)7-9(12)2/h5-7,11H,3-4,8H2,1-2H3,(H,16,18). The third-order valence-corrected chi connectivity index (χ3v) is 3.72. The summed E-state index contributed by atoms with van der Waals surface area (Å²) in [6, 6.07) is 5.31. The van der Waals surface area contributed by atoms with Gasteiger partial charge in [-0.2, -0.15) is 0 Å². The van der Waals surface area contributed by atoms with Crippen molar-refractivity contribution in [3.8, 4) is 0 Å². The summed E-state index contributed by atoms with van der Waals surface area (Å²) >= 11 is 3.40. The molecule has 0 aliphatic carbocycles. The molecule has 1 aromatic rings. The third kappa shape index (κ3) is 2.97. The molecular weight excluding hydrogens is 308 g/mol. The van der Waals surface area contributed by atoms with Crippen molar-refractivity contribution in [1.29, 1.82) is 0 Å². The zero-order valence-corrected chi connectivity index (χ0v) is 12.7. The lowest BCUT2D eigenvalue weighted by Gasteiger charge is -2.33. The highest BCUT2D eigenvalue weighted by molar-refractivity contribution is 9.10. The van der Waals surface area contributed by atoms with Gasteiger partial charge in [0.05, 0.1) is 0 Å². The summed E-state index contributed by atoms with van der Waals surface area (Å²) in [4.78, 5) is 25.7. The van der Waals surface area contributed by atoms with Crippen LogP contribution in [0.1, 0.15) is 25.3 Å². The van der Waals surface area contributed by atoms with Gasteiger partial charge in [-0.25, -0.2) is 0 Å². The first-order chi connectivity index (χ1) is 9.02. The minimum atomic E-state index is -0.394. The lowest BCUT2D eigenvalue weighted by Crippen LogP contribution is -2.58. The number of carbonyl (C=O) groups excluding carboxylic acids is 2. The third-order valence-electron chi connectivity index (χ3n) is 3.23. The fraction of sp³-hybridized carbons (Fsp3) is 0.429. The fourth-order valence-corrected chi connectivity index (χ4v) is 2.80. The zero-order chi connectivity index (χ0) is 14.0. The molecule has 1 aromatic carbocycles. The van der Waals surface area contributed by atoms with Crippen LogP contribution in [0.15, 0.2) is 22.7 Å². The monoisotopic (exact) mass is 324 g/mol. The Morgan fingerprint density at radius 2 is 2.16 bits per heavy atom. The molecule has 1 aliphatic heterocycles. The maximum absolute atomic E-state index is 12.4. The van der Waals surface area contributed by atoms with Crippen molar-refractivity contribution in [3.05, 3.63) is 28.2 Å². The summed E-state index contributed by atoms with van der Waals surface area (Å²) in [5.74, 6) is -0.118. The first-order valence-electron chi connectivity index (χ1n) is 6.39. The van der Waals surface area contributed by atoms with Crippen molar-refractivity contribution >= 4 is 33.4 Å². The lowest BCUT2D eigenvalue weighted by molar-refractivity contribution is -0.131. The second-order valence-electron chi connectivity index (χ2n) is 4.76. The number of hydrogen-bond acceptors (Lipinski definition) is 2. The van der Waals surface area contributed by atoms with Gasteiger partial charge in [-0.3, -0.25) is 9.59 Å². The van der Waals surface area contributed by atoms with E-state index in [1.807, 2.05) is 32.0 Å². The molecule has 1 heterocycles. The topological polar surface area (TPSA) is 49.4 Å². The molecule has 5 heteroatoms. The minimum Gasteiger partial charge on any atom is -0.343 e. The average Bonchev–Trinajstić information content (AvgIpc) is 2.34. The minimum absolute atomic E-state index is 0.0214. The average molecular weight is 325 g/mol. The summed E-state index contributed by atoms with van der Waals surface area (Å²) < 4.78 is 0.966. The molecule has 2 rings (SSSR count). The molecule has 0 saturated carbocycles. The Bertz CT molecular complexity index is 516. The Morgan fingerprint density at radius 3 is 2.79 bits per heavy atom. The van der Waals surface area contributed by atoms with Gasteiger partial charge in [0.25, 0.3) is 0 Å². The van der Waals surface area contributed by atoms with Crippen LogP contribution in [0, 0.1) is 6.92 Å². The Morgan fingerprint density at radius 1 is 1.42 bits per heavy atom. The molecule has 1 fully saturated rings. The van der Waals surface area contributed by atoms with E-state index in [4.69, 9.17) is 0 Å². The van der Waals surface area contributed by atoms with E-state index in [9.17, 15) is 9.59 Å². The molecule has 0 aromatic heterocycles. The van der Waals surface area contributed by atoms with Gasteiger partial charge in [0.1, 0.15) is 12.6 Å². The highest BCUT2D eigenvalue weighted by atomic mass is 79.9. The normalized spacial score (nSPS) is 19.5. The van der Waals surface area contributed by atoms with Gasteiger partial charge < -0.3 is 10.2 Å². The van der Waals surface area contributed by atoms with E-state index in [0.717, 1.165) is 22.1 Å². The van der Waals surface area contributed by atoms with E-state index in [-0.39, 0.29) is 18.4 Å². The molecule has 4 nitrogen and oxygen atoms in total. The molecule has 102 valence electrons. The number of anilines is 1. The number of halogens is 1. The molecule has 1 aliphatic rings. The van der Waals surface area contributed by atoms with E-state index < -0.39 is 6.04 Å². The molecule has 1 N–H and O–H groups in total. The van der Waals surface area contributed by atoms with Crippen molar-refractivity contribution in [3.63, 3.8) is 0 Å². The van der Waals surface area contributed by atoms with E-state index in [1.54, 1.807) is 4.90 Å². The van der Waals surface area contributed by atoms with E-state index in [2.05, 4.69) is 21.2 Å². The Kier molecular flexibility index (Phi) is 4.24. The molecular formula is C14H17BrN2O2. The highest BCUT2D eigenvalue weighted by Gasteiger charge is 2.33. The number of aryl methyl sites for hydroxylation is 1. The van der Waals surface area contributed by atoms with Gasteiger partial charge in [-0.15, -0.1) is 0 Å². The quantitative estimate of drug-likeness (QED) is 0.928. The number of rotatable bonds is 3. The van der Waals surface area contributed by atoms with Crippen LogP contribution >= 0.6 is 15.9 Å². The van der Waals surface area contributed by atoms with Crippen LogP contribution in [0.25, 0.3) is 0 Å². The molecule has 0 spiro atoms. The number of amides is 2. The molecule has 1 atom stereocenters. The number of nitrogens with zero attached hydrogens (tertiary/aromatic N) is 1.